The molecule has 3 nitrogen and oxygen atoms in total. The molecule has 3 saturated carbocycles. The van der Waals surface area contributed by atoms with E-state index in [1.165, 1.54) is 5.57 Å². The monoisotopic (exact) mass is 332 g/mol. The van der Waals surface area contributed by atoms with E-state index in [1.54, 1.807) is 0 Å². The molecule has 2 N–H and O–H groups in total. The van der Waals surface area contributed by atoms with Crippen molar-refractivity contribution in [3.63, 3.8) is 0 Å². The number of carbonyl (C=O) groups is 1. The van der Waals surface area contributed by atoms with Crippen molar-refractivity contribution < 1.29 is 15.0 Å². The molecule has 0 saturated heterocycles. The van der Waals surface area contributed by atoms with E-state index in [0.29, 0.717) is 36.4 Å². The molecule has 0 heterocycles. The summed E-state index contributed by atoms with van der Waals surface area (Å²) in [7, 11) is 0. The first-order valence-electron chi connectivity index (χ1n) is 9.81. The number of hydrogen-bond acceptors (Lipinski definition) is 3. The Kier molecular flexibility index (Phi) is 3.61. The lowest BCUT2D eigenvalue weighted by atomic mass is 9.45. The molecule has 0 aromatic carbocycles. The summed E-state index contributed by atoms with van der Waals surface area (Å²) in [6.45, 7) is 6.66. The van der Waals surface area contributed by atoms with Crippen LogP contribution in [0.5, 0.6) is 0 Å². The van der Waals surface area contributed by atoms with E-state index in [-0.39, 0.29) is 23.4 Å². The maximum absolute atomic E-state index is 12.1. The molecule has 0 bridgehead atoms. The molecule has 3 fully saturated rings. The van der Waals surface area contributed by atoms with Gasteiger partial charge in [-0.15, -0.1) is 0 Å². The largest absolute Gasteiger partial charge is 0.395 e. The molecule has 4 aliphatic carbocycles. The molecule has 7 atom stereocenters. The van der Waals surface area contributed by atoms with Crippen LogP contribution in [0.2, 0.25) is 0 Å². The van der Waals surface area contributed by atoms with Gasteiger partial charge in [-0.25, -0.2) is 0 Å². The number of fused-ring (bicyclic) bond motifs is 5. The maximum atomic E-state index is 12.1. The summed E-state index contributed by atoms with van der Waals surface area (Å²) in [5, 5.41) is 21.4. The SMILES string of the molecule is CC1CC(=O)CC2=CC[C@@H]3[C@@H](CC[C@@]4(C)[C@H]3CCC4(C)O)[C@]21CO. The predicted molar refractivity (Wildman–Crippen MR) is 93.3 cm³/mol. The maximum Gasteiger partial charge on any atom is 0.137 e. The van der Waals surface area contributed by atoms with Crippen molar-refractivity contribution in [3.05, 3.63) is 11.6 Å². The van der Waals surface area contributed by atoms with Crippen molar-refractivity contribution in [2.75, 3.05) is 6.61 Å². The van der Waals surface area contributed by atoms with Gasteiger partial charge in [0.25, 0.3) is 0 Å². The number of ketones is 1. The Labute approximate surface area is 145 Å². The second-order valence-electron chi connectivity index (χ2n) is 9.63. The Hall–Kier alpha value is -0.670. The van der Waals surface area contributed by atoms with Gasteiger partial charge in [-0.3, -0.25) is 4.79 Å². The zero-order valence-corrected chi connectivity index (χ0v) is 15.3. The Morgan fingerprint density at radius 2 is 1.92 bits per heavy atom. The highest BCUT2D eigenvalue weighted by Gasteiger charge is 2.63. The van der Waals surface area contributed by atoms with Gasteiger partial charge in [-0.05, 0) is 68.1 Å². The van der Waals surface area contributed by atoms with Gasteiger partial charge >= 0.3 is 0 Å². The van der Waals surface area contributed by atoms with E-state index >= 15 is 0 Å². The summed E-state index contributed by atoms with van der Waals surface area (Å²) in [6, 6.07) is 0. The molecule has 2 unspecified atom stereocenters. The average molecular weight is 332 g/mol. The molecular formula is C21H32O3. The summed E-state index contributed by atoms with van der Waals surface area (Å²) in [4.78, 5) is 12.1. The zero-order chi connectivity index (χ0) is 17.3. The van der Waals surface area contributed by atoms with Crippen LogP contribution in [0.4, 0.5) is 0 Å². The molecule has 0 spiro atoms. The number of aliphatic hydroxyl groups excluding tert-OH is 1. The van der Waals surface area contributed by atoms with Crippen LogP contribution >= 0.6 is 0 Å². The quantitative estimate of drug-likeness (QED) is 0.723. The second kappa shape index (κ2) is 5.17. The van der Waals surface area contributed by atoms with Crippen LogP contribution < -0.4 is 0 Å². The lowest BCUT2D eigenvalue weighted by Gasteiger charge is -2.60. The van der Waals surface area contributed by atoms with Crippen molar-refractivity contribution in [2.24, 2.45) is 34.5 Å². The van der Waals surface area contributed by atoms with Crippen LogP contribution in [0.1, 0.15) is 65.7 Å². The van der Waals surface area contributed by atoms with Crippen molar-refractivity contribution >= 4 is 5.78 Å². The minimum atomic E-state index is -0.562. The second-order valence-corrected chi connectivity index (χ2v) is 9.63. The predicted octanol–water partition coefficient (Wildman–Crippen LogP) is 3.49. The molecule has 4 aliphatic rings. The molecule has 0 aliphatic heterocycles. The molecule has 24 heavy (non-hydrogen) atoms. The highest BCUT2D eigenvalue weighted by molar-refractivity contribution is 5.83. The molecule has 0 aromatic rings. The smallest absolute Gasteiger partial charge is 0.137 e. The number of Topliss-reactive ketones (excluding diaryl/α,β-unsaturated/α-hetero) is 1. The van der Waals surface area contributed by atoms with Crippen LogP contribution in [-0.4, -0.2) is 28.2 Å². The van der Waals surface area contributed by atoms with Crippen LogP contribution in [0.3, 0.4) is 0 Å². The molecule has 0 radical (unpaired) electrons. The van der Waals surface area contributed by atoms with Crippen molar-refractivity contribution in [1.29, 1.82) is 0 Å². The Morgan fingerprint density at radius 1 is 1.21 bits per heavy atom. The summed E-state index contributed by atoms with van der Waals surface area (Å²) < 4.78 is 0. The third-order valence-electron chi connectivity index (χ3n) is 8.96. The van der Waals surface area contributed by atoms with Gasteiger partial charge < -0.3 is 10.2 Å². The number of aliphatic hydroxyl groups is 2. The van der Waals surface area contributed by atoms with Crippen LogP contribution in [-0.2, 0) is 4.79 Å². The first kappa shape index (κ1) is 16.8. The van der Waals surface area contributed by atoms with E-state index in [9.17, 15) is 15.0 Å². The van der Waals surface area contributed by atoms with Crippen molar-refractivity contribution in [3.8, 4) is 0 Å². The van der Waals surface area contributed by atoms with Gasteiger partial charge in [0.2, 0.25) is 0 Å². The summed E-state index contributed by atoms with van der Waals surface area (Å²) in [5.41, 5.74) is 0.479. The Balaban J connectivity index is 1.76. The molecule has 3 heteroatoms. The van der Waals surface area contributed by atoms with Crippen LogP contribution in [0.15, 0.2) is 11.6 Å². The summed E-state index contributed by atoms with van der Waals surface area (Å²) in [5.74, 6) is 2.12. The first-order valence-corrected chi connectivity index (χ1v) is 9.81. The van der Waals surface area contributed by atoms with Crippen LogP contribution in [0.25, 0.3) is 0 Å². The van der Waals surface area contributed by atoms with Crippen molar-refractivity contribution in [2.45, 2.75) is 71.3 Å². The molecule has 0 amide bonds. The minimum absolute atomic E-state index is 0.00385. The number of hydrogen-bond donors (Lipinski definition) is 2. The third-order valence-corrected chi connectivity index (χ3v) is 8.96. The fourth-order valence-electron chi connectivity index (χ4n) is 7.31. The molecular weight excluding hydrogens is 300 g/mol. The number of rotatable bonds is 1. The number of carbonyl (C=O) groups excluding carboxylic acids is 1. The average Bonchev–Trinajstić information content (AvgIpc) is 2.77. The molecule has 0 aromatic heterocycles. The zero-order valence-electron chi connectivity index (χ0n) is 15.3. The fourth-order valence-corrected chi connectivity index (χ4v) is 7.31. The Morgan fingerprint density at radius 3 is 2.62 bits per heavy atom. The summed E-state index contributed by atoms with van der Waals surface area (Å²) >= 11 is 0. The standard InChI is InChI=1S/C21H32O3/c1-13-10-15(23)11-14-4-5-16-17-7-9-20(3,24)19(17,2)8-6-18(16)21(13,14)12-22/h4,13,16-18,22,24H,5-12H2,1-3H3/t13?,16-,17-,18+,19-,20?,21-/m0/s1. The van der Waals surface area contributed by atoms with E-state index in [0.717, 1.165) is 32.1 Å². The molecule has 4 rings (SSSR count). The number of allylic oxidation sites excluding steroid dienone is 1. The van der Waals surface area contributed by atoms with E-state index < -0.39 is 5.60 Å². The van der Waals surface area contributed by atoms with Crippen molar-refractivity contribution in [1.82, 2.24) is 0 Å². The molecule has 134 valence electrons. The van der Waals surface area contributed by atoms with Gasteiger partial charge in [0.1, 0.15) is 5.78 Å². The minimum Gasteiger partial charge on any atom is -0.395 e. The third kappa shape index (κ3) is 1.89. The van der Waals surface area contributed by atoms with Gasteiger partial charge in [0.15, 0.2) is 0 Å². The lowest BCUT2D eigenvalue weighted by Crippen LogP contribution is -2.57. The summed E-state index contributed by atoms with van der Waals surface area (Å²) in [6.07, 6.45) is 8.60. The van der Waals surface area contributed by atoms with Gasteiger partial charge in [0, 0.05) is 18.3 Å². The van der Waals surface area contributed by atoms with E-state index in [1.807, 2.05) is 6.92 Å². The fraction of sp³-hybridized carbons (Fsp3) is 0.857. The first-order chi connectivity index (χ1) is 11.3. The van der Waals surface area contributed by atoms with Crippen LogP contribution in [0, 0.1) is 34.5 Å². The van der Waals surface area contributed by atoms with E-state index in [4.69, 9.17) is 0 Å². The van der Waals surface area contributed by atoms with Gasteiger partial charge in [-0.2, -0.15) is 0 Å². The van der Waals surface area contributed by atoms with Gasteiger partial charge in [0.05, 0.1) is 12.2 Å². The lowest BCUT2D eigenvalue weighted by molar-refractivity contribution is -0.138. The Bertz CT molecular complexity index is 592. The highest BCUT2D eigenvalue weighted by Crippen LogP contribution is 2.67. The normalized spacial score (nSPS) is 53.9. The van der Waals surface area contributed by atoms with E-state index in [2.05, 4.69) is 19.9 Å². The highest BCUT2D eigenvalue weighted by atomic mass is 16.3. The van der Waals surface area contributed by atoms with Gasteiger partial charge in [-0.1, -0.05) is 25.5 Å². The topological polar surface area (TPSA) is 57.5 Å².